The minimum atomic E-state index is -0.675. The van der Waals surface area contributed by atoms with Crippen LogP contribution in [0.1, 0.15) is 44.7 Å². The van der Waals surface area contributed by atoms with E-state index in [4.69, 9.17) is 4.74 Å². The Morgan fingerprint density at radius 3 is 2.27 bits per heavy atom. The van der Waals surface area contributed by atoms with Crippen LogP contribution in [0, 0.1) is 5.82 Å². The summed E-state index contributed by atoms with van der Waals surface area (Å²) in [7, 11) is 0. The van der Waals surface area contributed by atoms with Crippen molar-refractivity contribution in [2.45, 2.75) is 52.6 Å². The van der Waals surface area contributed by atoms with Gasteiger partial charge in [0.05, 0.1) is 0 Å². The van der Waals surface area contributed by atoms with Gasteiger partial charge in [-0.15, -0.1) is 0 Å². The predicted molar refractivity (Wildman–Crippen MR) is 116 cm³/mol. The highest BCUT2D eigenvalue weighted by atomic mass is 19.1. The van der Waals surface area contributed by atoms with Crippen molar-refractivity contribution in [3.05, 3.63) is 65.5 Å². The van der Waals surface area contributed by atoms with Gasteiger partial charge in [-0.2, -0.15) is 0 Å². The number of unbranched alkanes of at least 4 members (excludes halogenated alkanes) is 1. The molecule has 1 N–H and O–H groups in total. The Balaban J connectivity index is 2.08. The van der Waals surface area contributed by atoms with Gasteiger partial charge in [-0.25, -0.2) is 4.39 Å². The maximum atomic E-state index is 13.2. The number of aryl methyl sites for hydroxylation is 1. The Morgan fingerprint density at radius 2 is 1.67 bits per heavy atom. The van der Waals surface area contributed by atoms with E-state index in [2.05, 4.69) is 12.2 Å². The van der Waals surface area contributed by atoms with E-state index < -0.39 is 6.04 Å². The summed E-state index contributed by atoms with van der Waals surface area (Å²) in [4.78, 5) is 26.9. The number of benzene rings is 2. The Hall–Kier alpha value is -2.89. The highest BCUT2D eigenvalue weighted by Gasteiger charge is 2.26. The van der Waals surface area contributed by atoms with Gasteiger partial charge in [-0.3, -0.25) is 9.59 Å². The van der Waals surface area contributed by atoms with Crippen LogP contribution < -0.4 is 10.1 Å². The lowest BCUT2D eigenvalue weighted by Gasteiger charge is -2.28. The molecule has 2 aromatic carbocycles. The van der Waals surface area contributed by atoms with E-state index in [1.807, 2.05) is 31.2 Å². The van der Waals surface area contributed by atoms with Crippen molar-refractivity contribution in [2.24, 2.45) is 0 Å². The van der Waals surface area contributed by atoms with E-state index in [0.717, 1.165) is 24.8 Å². The standard InChI is InChI=1S/C24H31FN2O3/c1-4-6-15-26-24(29)18(3)27(16-20-7-11-21(25)12-8-20)23(28)17-30-22-13-9-19(5-2)10-14-22/h7-14,18H,4-6,15-17H2,1-3H3,(H,26,29)/t18-/m1/s1. The third-order valence-electron chi connectivity index (χ3n) is 4.96. The van der Waals surface area contributed by atoms with Crippen molar-refractivity contribution < 1.29 is 18.7 Å². The lowest BCUT2D eigenvalue weighted by molar-refractivity contribution is -0.142. The Kier molecular flexibility index (Phi) is 9.32. The average molecular weight is 415 g/mol. The summed E-state index contributed by atoms with van der Waals surface area (Å²) >= 11 is 0. The van der Waals surface area contributed by atoms with Gasteiger partial charge in [0.1, 0.15) is 17.6 Å². The minimum absolute atomic E-state index is 0.181. The summed E-state index contributed by atoms with van der Waals surface area (Å²) in [6, 6.07) is 12.8. The van der Waals surface area contributed by atoms with Gasteiger partial charge in [0, 0.05) is 13.1 Å². The Morgan fingerprint density at radius 1 is 1.03 bits per heavy atom. The second-order valence-electron chi connectivity index (χ2n) is 7.25. The molecular weight excluding hydrogens is 383 g/mol. The van der Waals surface area contributed by atoms with Gasteiger partial charge >= 0.3 is 0 Å². The number of amides is 2. The number of carbonyl (C=O) groups is 2. The van der Waals surface area contributed by atoms with E-state index in [1.165, 1.54) is 22.6 Å². The smallest absolute Gasteiger partial charge is 0.261 e. The first-order valence-electron chi connectivity index (χ1n) is 10.5. The third kappa shape index (κ3) is 7.17. The molecule has 162 valence electrons. The fourth-order valence-electron chi connectivity index (χ4n) is 2.95. The highest BCUT2D eigenvalue weighted by Crippen LogP contribution is 2.15. The number of ether oxygens (including phenoxy) is 1. The van der Waals surface area contributed by atoms with Crippen LogP contribution in [0.3, 0.4) is 0 Å². The molecule has 0 bridgehead atoms. The van der Waals surface area contributed by atoms with Crippen LogP contribution in [0.25, 0.3) is 0 Å². The van der Waals surface area contributed by atoms with Crippen molar-refractivity contribution in [2.75, 3.05) is 13.2 Å². The van der Waals surface area contributed by atoms with Crippen molar-refractivity contribution in [1.82, 2.24) is 10.2 Å². The minimum Gasteiger partial charge on any atom is -0.484 e. The second-order valence-corrected chi connectivity index (χ2v) is 7.25. The summed E-state index contributed by atoms with van der Waals surface area (Å²) in [6.45, 7) is 6.39. The number of hydrogen-bond acceptors (Lipinski definition) is 3. The van der Waals surface area contributed by atoms with Crippen molar-refractivity contribution in [1.29, 1.82) is 0 Å². The van der Waals surface area contributed by atoms with Crippen molar-refractivity contribution in [3.63, 3.8) is 0 Å². The second kappa shape index (κ2) is 12.0. The van der Waals surface area contributed by atoms with Gasteiger partial charge < -0.3 is 15.0 Å². The molecule has 0 fully saturated rings. The fourth-order valence-corrected chi connectivity index (χ4v) is 2.95. The van der Waals surface area contributed by atoms with E-state index in [-0.39, 0.29) is 30.8 Å². The van der Waals surface area contributed by atoms with Crippen LogP contribution in [0.5, 0.6) is 5.75 Å². The molecule has 0 aliphatic heterocycles. The Bertz CT molecular complexity index is 806. The third-order valence-corrected chi connectivity index (χ3v) is 4.96. The summed E-state index contributed by atoms with van der Waals surface area (Å²) in [5.41, 5.74) is 1.93. The number of hydrogen-bond donors (Lipinski definition) is 1. The van der Waals surface area contributed by atoms with Gasteiger partial charge in [0.15, 0.2) is 6.61 Å². The van der Waals surface area contributed by atoms with Crippen molar-refractivity contribution >= 4 is 11.8 Å². The van der Waals surface area contributed by atoms with E-state index in [1.54, 1.807) is 19.1 Å². The van der Waals surface area contributed by atoms with Crippen molar-refractivity contribution in [3.8, 4) is 5.75 Å². The van der Waals surface area contributed by atoms with Crippen LogP contribution in [0.15, 0.2) is 48.5 Å². The first-order chi connectivity index (χ1) is 14.4. The molecule has 0 saturated carbocycles. The fraction of sp³-hybridized carbons (Fsp3) is 0.417. The molecule has 0 spiro atoms. The zero-order valence-electron chi connectivity index (χ0n) is 18.0. The molecule has 0 aliphatic carbocycles. The average Bonchev–Trinajstić information content (AvgIpc) is 2.77. The molecule has 0 aromatic heterocycles. The Labute approximate surface area is 178 Å². The first kappa shape index (κ1) is 23.4. The molecule has 0 radical (unpaired) electrons. The summed E-state index contributed by atoms with van der Waals surface area (Å²) in [5, 5.41) is 2.87. The largest absolute Gasteiger partial charge is 0.484 e. The number of halogens is 1. The SMILES string of the molecule is CCCCNC(=O)[C@@H](C)N(Cc1ccc(F)cc1)C(=O)COc1ccc(CC)cc1. The van der Waals surface area contributed by atoms with E-state index in [9.17, 15) is 14.0 Å². The first-order valence-corrected chi connectivity index (χ1v) is 10.5. The molecule has 0 aliphatic rings. The number of rotatable bonds is 11. The number of carbonyl (C=O) groups excluding carboxylic acids is 2. The monoisotopic (exact) mass is 414 g/mol. The molecule has 0 saturated heterocycles. The van der Waals surface area contributed by atoms with Gasteiger partial charge in [-0.1, -0.05) is 44.5 Å². The maximum absolute atomic E-state index is 13.2. The predicted octanol–water partition coefficient (Wildman–Crippen LogP) is 4.10. The van der Waals surface area contributed by atoms with E-state index in [0.29, 0.717) is 12.3 Å². The topological polar surface area (TPSA) is 58.6 Å². The molecule has 2 rings (SSSR count). The summed E-state index contributed by atoms with van der Waals surface area (Å²) < 4.78 is 18.9. The van der Waals surface area contributed by atoms with Crippen LogP contribution in [-0.2, 0) is 22.6 Å². The zero-order chi connectivity index (χ0) is 21.9. The molecule has 1 atom stereocenters. The van der Waals surface area contributed by atoms with E-state index >= 15 is 0 Å². The molecule has 6 heteroatoms. The molecule has 2 amide bonds. The van der Waals surface area contributed by atoms with Crippen LogP contribution in [0.4, 0.5) is 4.39 Å². The van der Waals surface area contributed by atoms with Gasteiger partial charge in [-0.05, 0) is 55.2 Å². The number of nitrogens with one attached hydrogen (secondary N) is 1. The normalized spacial score (nSPS) is 11.6. The lowest BCUT2D eigenvalue weighted by atomic mass is 10.1. The van der Waals surface area contributed by atoms with Crippen LogP contribution in [-0.4, -0.2) is 35.9 Å². The maximum Gasteiger partial charge on any atom is 0.261 e. The van der Waals surface area contributed by atoms with Gasteiger partial charge in [0.25, 0.3) is 5.91 Å². The molecule has 5 nitrogen and oxygen atoms in total. The quantitative estimate of drug-likeness (QED) is 0.563. The zero-order valence-corrected chi connectivity index (χ0v) is 18.0. The molecule has 2 aromatic rings. The lowest BCUT2D eigenvalue weighted by Crippen LogP contribution is -2.49. The molecule has 30 heavy (non-hydrogen) atoms. The molecular formula is C24H31FN2O3. The van der Waals surface area contributed by atoms with Crippen LogP contribution >= 0.6 is 0 Å². The highest BCUT2D eigenvalue weighted by molar-refractivity contribution is 5.87. The molecule has 0 heterocycles. The summed E-state index contributed by atoms with van der Waals surface area (Å²) in [5.74, 6) is -0.272. The van der Waals surface area contributed by atoms with Crippen LogP contribution in [0.2, 0.25) is 0 Å². The van der Waals surface area contributed by atoms with Gasteiger partial charge in [0.2, 0.25) is 5.91 Å². The molecule has 0 unspecified atom stereocenters. The summed E-state index contributed by atoms with van der Waals surface area (Å²) in [6.07, 6.45) is 2.77. The number of nitrogens with zero attached hydrogens (tertiary/aromatic N) is 1.